The van der Waals surface area contributed by atoms with Crippen molar-refractivity contribution in [2.75, 3.05) is 20.3 Å². The van der Waals surface area contributed by atoms with Crippen LogP contribution in [0.2, 0.25) is 0 Å². The summed E-state index contributed by atoms with van der Waals surface area (Å²) in [5.41, 5.74) is 3.49. The molecule has 0 aliphatic rings. The highest BCUT2D eigenvalue weighted by molar-refractivity contribution is 5.21. The van der Waals surface area contributed by atoms with Crippen molar-refractivity contribution in [2.45, 2.75) is 18.5 Å². The van der Waals surface area contributed by atoms with E-state index in [1.165, 1.54) is 19.4 Å². The van der Waals surface area contributed by atoms with Crippen LogP contribution in [0.15, 0.2) is 18.5 Å². The number of nitrogens with zero attached hydrogens (tertiary/aromatic N) is 1. The second kappa shape index (κ2) is 5.86. The molecule has 90 valence electrons. The molecule has 1 atom stereocenters. The quantitative estimate of drug-likeness (QED) is 0.810. The van der Waals surface area contributed by atoms with Crippen molar-refractivity contribution in [1.29, 1.82) is 0 Å². The number of hydrogen-bond acceptors (Lipinski definition) is 3. The Hall–Kier alpha value is -1.07. The summed E-state index contributed by atoms with van der Waals surface area (Å²) in [6.07, 6.45) is 2.98. The van der Waals surface area contributed by atoms with Crippen molar-refractivity contribution in [2.24, 2.45) is 5.73 Å². The van der Waals surface area contributed by atoms with Crippen LogP contribution in [0.3, 0.4) is 0 Å². The molecule has 1 unspecified atom stereocenters. The lowest BCUT2D eigenvalue weighted by atomic mass is 9.92. The molecule has 2 N–H and O–H groups in total. The molecule has 16 heavy (non-hydrogen) atoms. The maximum Gasteiger partial charge on any atom is 0.162 e. The standard InChI is InChI=1S/C11H16F2N2O/c1-16-8-11(13,4-2-5-14)9-3-6-15-7-10(9)12/h3,6-7H,2,4-5,8,14H2,1H3. The number of hydrogen-bond donors (Lipinski definition) is 1. The topological polar surface area (TPSA) is 48.1 Å². The summed E-state index contributed by atoms with van der Waals surface area (Å²) in [6.45, 7) is 0.177. The van der Waals surface area contributed by atoms with Gasteiger partial charge in [-0.05, 0) is 25.5 Å². The van der Waals surface area contributed by atoms with Gasteiger partial charge in [-0.2, -0.15) is 0 Å². The van der Waals surface area contributed by atoms with Gasteiger partial charge in [-0.15, -0.1) is 0 Å². The predicted octanol–water partition coefficient (Wildman–Crippen LogP) is 1.77. The summed E-state index contributed by atoms with van der Waals surface area (Å²) < 4.78 is 32.8. The van der Waals surface area contributed by atoms with Crippen molar-refractivity contribution in [3.05, 3.63) is 29.8 Å². The van der Waals surface area contributed by atoms with Gasteiger partial charge in [-0.1, -0.05) is 0 Å². The number of rotatable bonds is 6. The maximum absolute atomic E-state index is 14.5. The van der Waals surface area contributed by atoms with E-state index in [1.54, 1.807) is 0 Å². The summed E-state index contributed by atoms with van der Waals surface area (Å²) in [7, 11) is 1.38. The summed E-state index contributed by atoms with van der Waals surface area (Å²) in [6, 6.07) is 1.34. The number of alkyl halides is 1. The van der Waals surface area contributed by atoms with Gasteiger partial charge in [0.15, 0.2) is 5.67 Å². The second-order valence-electron chi connectivity index (χ2n) is 3.65. The Morgan fingerprint density at radius 2 is 2.31 bits per heavy atom. The van der Waals surface area contributed by atoms with E-state index in [1.807, 2.05) is 0 Å². The molecule has 0 aromatic carbocycles. The van der Waals surface area contributed by atoms with E-state index in [4.69, 9.17) is 10.5 Å². The first-order chi connectivity index (χ1) is 7.64. The Balaban J connectivity index is 2.96. The van der Waals surface area contributed by atoms with Crippen molar-refractivity contribution in [3.63, 3.8) is 0 Å². The Bertz CT molecular complexity index is 336. The normalized spacial score (nSPS) is 14.8. The third-order valence-corrected chi connectivity index (χ3v) is 2.41. The molecule has 1 heterocycles. The monoisotopic (exact) mass is 230 g/mol. The molecule has 1 aromatic heterocycles. The summed E-state index contributed by atoms with van der Waals surface area (Å²) >= 11 is 0. The smallest absolute Gasteiger partial charge is 0.162 e. The number of ether oxygens (including phenoxy) is 1. The highest BCUT2D eigenvalue weighted by Crippen LogP contribution is 2.32. The van der Waals surface area contributed by atoms with E-state index < -0.39 is 11.5 Å². The third kappa shape index (κ3) is 2.96. The molecule has 0 saturated heterocycles. The average Bonchev–Trinajstić information content (AvgIpc) is 2.27. The van der Waals surface area contributed by atoms with Crippen molar-refractivity contribution in [1.82, 2.24) is 4.98 Å². The SMILES string of the molecule is COCC(F)(CCCN)c1ccncc1F. The second-order valence-corrected chi connectivity index (χ2v) is 3.65. The molecule has 0 aliphatic heterocycles. The molecule has 1 rings (SSSR count). The number of nitrogens with two attached hydrogens (primary N) is 1. The largest absolute Gasteiger partial charge is 0.381 e. The van der Waals surface area contributed by atoms with Gasteiger partial charge in [-0.3, -0.25) is 4.98 Å². The van der Waals surface area contributed by atoms with Crippen molar-refractivity contribution < 1.29 is 13.5 Å². The zero-order valence-electron chi connectivity index (χ0n) is 9.25. The predicted molar refractivity (Wildman–Crippen MR) is 57.1 cm³/mol. The van der Waals surface area contributed by atoms with Crippen molar-refractivity contribution in [3.8, 4) is 0 Å². The first-order valence-corrected chi connectivity index (χ1v) is 5.12. The van der Waals surface area contributed by atoms with Crippen LogP contribution in [0, 0.1) is 5.82 Å². The Labute approximate surface area is 93.6 Å². The maximum atomic E-state index is 14.5. The van der Waals surface area contributed by atoms with Crippen LogP contribution in [-0.2, 0) is 10.4 Å². The minimum absolute atomic E-state index is 0.0159. The lowest BCUT2D eigenvalue weighted by Crippen LogP contribution is -2.28. The first-order valence-electron chi connectivity index (χ1n) is 5.12. The third-order valence-electron chi connectivity index (χ3n) is 2.41. The van der Waals surface area contributed by atoms with Crippen LogP contribution in [0.1, 0.15) is 18.4 Å². The highest BCUT2D eigenvalue weighted by Gasteiger charge is 2.34. The Morgan fingerprint density at radius 1 is 1.56 bits per heavy atom. The van der Waals surface area contributed by atoms with Crippen LogP contribution >= 0.6 is 0 Å². The van der Waals surface area contributed by atoms with Gasteiger partial charge in [0.05, 0.1) is 12.8 Å². The van der Waals surface area contributed by atoms with Crippen molar-refractivity contribution >= 4 is 0 Å². The minimum Gasteiger partial charge on any atom is -0.381 e. The van der Waals surface area contributed by atoms with Crippen LogP contribution < -0.4 is 5.73 Å². The Kier molecular flexibility index (Phi) is 4.76. The number of pyridine rings is 1. The number of aromatic nitrogens is 1. The van der Waals surface area contributed by atoms with Crippen LogP contribution in [0.25, 0.3) is 0 Å². The minimum atomic E-state index is -1.83. The number of halogens is 2. The molecule has 0 saturated carbocycles. The van der Waals surface area contributed by atoms with E-state index in [0.29, 0.717) is 13.0 Å². The first kappa shape index (κ1) is 13.0. The lowest BCUT2D eigenvalue weighted by molar-refractivity contribution is 0.0276. The molecule has 0 aliphatic carbocycles. The molecular weight excluding hydrogens is 214 g/mol. The van der Waals surface area contributed by atoms with Gasteiger partial charge in [0.2, 0.25) is 0 Å². The van der Waals surface area contributed by atoms with Gasteiger partial charge in [0.25, 0.3) is 0 Å². The fourth-order valence-electron chi connectivity index (χ4n) is 1.63. The zero-order chi connectivity index (χ0) is 12.0. The molecule has 0 radical (unpaired) electrons. The molecular formula is C11H16F2N2O. The molecule has 5 heteroatoms. The van der Waals surface area contributed by atoms with E-state index >= 15 is 0 Å². The Morgan fingerprint density at radius 3 is 2.88 bits per heavy atom. The molecule has 0 fully saturated rings. The van der Waals surface area contributed by atoms with Gasteiger partial charge in [0, 0.05) is 18.9 Å². The van der Waals surface area contributed by atoms with Gasteiger partial charge in [-0.25, -0.2) is 8.78 Å². The molecule has 0 bridgehead atoms. The fraction of sp³-hybridized carbons (Fsp3) is 0.545. The highest BCUT2D eigenvalue weighted by atomic mass is 19.1. The van der Waals surface area contributed by atoms with E-state index in [-0.39, 0.29) is 18.6 Å². The molecule has 1 aromatic rings. The summed E-state index contributed by atoms with van der Waals surface area (Å²) in [4.78, 5) is 3.59. The molecule has 0 spiro atoms. The summed E-state index contributed by atoms with van der Waals surface area (Å²) in [5.74, 6) is -0.654. The van der Waals surface area contributed by atoms with Gasteiger partial charge in [0.1, 0.15) is 5.82 Å². The van der Waals surface area contributed by atoms with E-state index in [0.717, 1.165) is 6.20 Å². The van der Waals surface area contributed by atoms with Crippen LogP contribution in [0.4, 0.5) is 8.78 Å². The average molecular weight is 230 g/mol. The fourth-order valence-corrected chi connectivity index (χ4v) is 1.63. The number of methoxy groups -OCH3 is 1. The van der Waals surface area contributed by atoms with Gasteiger partial charge >= 0.3 is 0 Å². The zero-order valence-corrected chi connectivity index (χ0v) is 9.25. The van der Waals surface area contributed by atoms with Crippen LogP contribution in [0.5, 0.6) is 0 Å². The molecule has 0 amide bonds. The van der Waals surface area contributed by atoms with Gasteiger partial charge < -0.3 is 10.5 Å². The summed E-state index contributed by atoms with van der Waals surface area (Å²) in [5, 5.41) is 0. The molecule has 3 nitrogen and oxygen atoms in total. The lowest BCUT2D eigenvalue weighted by Gasteiger charge is -2.25. The van der Waals surface area contributed by atoms with Crippen LogP contribution in [-0.4, -0.2) is 25.2 Å². The van der Waals surface area contributed by atoms with E-state index in [2.05, 4.69) is 4.98 Å². The van der Waals surface area contributed by atoms with E-state index in [9.17, 15) is 8.78 Å².